The third kappa shape index (κ3) is 4.69. The molecule has 1 aromatic rings. The van der Waals surface area contributed by atoms with Gasteiger partial charge in [0.2, 0.25) is 0 Å². The predicted octanol–water partition coefficient (Wildman–Crippen LogP) is 3.33. The molecule has 0 saturated carbocycles. The monoisotopic (exact) mass is 284 g/mol. The smallest absolute Gasteiger partial charge is 0.199 e. The van der Waals surface area contributed by atoms with Gasteiger partial charge in [-0.2, -0.15) is 0 Å². The van der Waals surface area contributed by atoms with Crippen LogP contribution in [-0.4, -0.2) is 27.9 Å². The Kier molecular flexibility index (Phi) is 5.34. The van der Waals surface area contributed by atoms with Gasteiger partial charge in [0.1, 0.15) is 0 Å². The van der Waals surface area contributed by atoms with Crippen LogP contribution < -0.4 is 0 Å². The van der Waals surface area contributed by atoms with Crippen molar-refractivity contribution in [3.63, 3.8) is 0 Å². The molecule has 7 heteroatoms. The summed E-state index contributed by atoms with van der Waals surface area (Å²) in [5.74, 6) is 0.590. The fourth-order valence-electron chi connectivity index (χ4n) is 1.11. The van der Waals surface area contributed by atoms with Crippen LogP contribution >= 0.6 is 31.4 Å². The summed E-state index contributed by atoms with van der Waals surface area (Å²) in [7, 11) is 4.67. The number of aliphatic imine (C=N–C) groups is 2. The van der Waals surface area contributed by atoms with Crippen LogP contribution in [0.5, 0.6) is 0 Å². The molecular formula is C10H12N4S3. The first kappa shape index (κ1) is 12.9. The average molecular weight is 284 g/mol. The highest BCUT2D eigenvalue weighted by molar-refractivity contribution is 9.12. The van der Waals surface area contributed by atoms with Gasteiger partial charge in [-0.15, -0.1) is 0 Å². The van der Waals surface area contributed by atoms with E-state index in [9.17, 15) is 0 Å². The molecule has 0 fully saturated rings. The van der Waals surface area contributed by atoms with Crippen molar-refractivity contribution < 1.29 is 0 Å². The minimum Gasteiger partial charge on any atom is -0.260 e. The summed E-state index contributed by atoms with van der Waals surface area (Å²) in [6.45, 7) is 3.04. The van der Waals surface area contributed by atoms with Crippen molar-refractivity contribution in [3.8, 4) is 0 Å². The number of hydrogen-bond acceptors (Lipinski definition) is 7. The van der Waals surface area contributed by atoms with Crippen molar-refractivity contribution in [2.45, 2.75) is 18.5 Å². The standard InChI is InChI=1S/C10H12N4S3/c1-8-3-6-13-10(14-7-8)16-17-15-9-11-4-2-5-12-9/h2,4-6,8H,3,7H2,1H3. The van der Waals surface area contributed by atoms with E-state index in [1.165, 1.54) is 10.8 Å². The largest absolute Gasteiger partial charge is 0.260 e. The molecule has 1 atom stereocenters. The quantitative estimate of drug-likeness (QED) is 0.629. The van der Waals surface area contributed by atoms with Gasteiger partial charge in [0.25, 0.3) is 0 Å². The van der Waals surface area contributed by atoms with E-state index in [0.29, 0.717) is 5.92 Å². The zero-order valence-electron chi connectivity index (χ0n) is 9.31. The summed E-state index contributed by atoms with van der Waals surface area (Å²) in [6.07, 6.45) is 6.44. The summed E-state index contributed by atoms with van der Waals surface area (Å²) in [6, 6.07) is 1.81. The Morgan fingerprint density at radius 1 is 1.24 bits per heavy atom. The lowest BCUT2D eigenvalue weighted by molar-refractivity contribution is 0.633. The van der Waals surface area contributed by atoms with Crippen LogP contribution in [0.1, 0.15) is 13.3 Å². The lowest BCUT2D eigenvalue weighted by Gasteiger charge is -2.00. The van der Waals surface area contributed by atoms with Crippen LogP contribution in [0.3, 0.4) is 0 Å². The molecule has 1 aromatic heterocycles. The van der Waals surface area contributed by atoms with Crippen LogP contribution in [0.4, 0.5) is 0 Å². The summed E-state index contributed by atoms with van der Waals surface area (Å²) < 4.78 is 0. The zero-order valence-corrected chi connectivity index (χ0v) is 11.8. The van der Waals surface area contributed by atoms with Crippen molar-refractivity contribution in [2.24, 2.45) is 15.9 Å². The van der Waals surface area contributed by atoms with Crippen molar-refractivity contribution in [1.82, 2.24) is 9.97 Å². The second kappa shape index (κ2) is 7.03. The summed E-state index contributed by atoms with van der Waals surface area (Å²) in [5, 5.41) is 1.60. The minimum atomic E-state index is 0.590. The van der Waals surface area contributed by atoms with Gasteiger partial charge < -0.3 is 0 Å². The SMILES string of the molecule is CC1CC=NC(SSSc2ncccn2)=NC1. The maximum atomic E-state index is 4.44. The molecule has 0 spiro atoms. The number of nitrogens with zero attached hydrogens (tertiary/aromatic N) is 4. The topological polar surface area (TPSA) is 50.5 Å². The normalized spacial score (nSPS) is 19.8. The van der Waals surface area contributed by atoms with Gasteiger partial charge in [-0.05, 0) is 49.8 Å². The number of hydrogen-bond donors (Lipinski definition) is 0. The molecule has 1 aliphatic rings. The molecule has 0 amide bonds. The maximum Gasteiger partial charge on any atom is 0.199 e. The molecule has 0 aromatic carbocycles. The number of amidine groups is 1. The van der Waals surface area contributed by atoms with E-state index in [1.54, 1.807) is 33.0 Å². The first-order chi connectivity index (χ1) is 8.34. The minimum absolute atomic E-state index is 0.590. The molecule has 0 radical (unpaired) electrons. The van der Waals surface area contributed by atoms with Crippen molar-refractivity contribution in [1.29, 1.82) is 0 Å². The van der Waals surface area contributed by atoms with Gasteiger partial charge in [0.15, 0.2) is 10.3 Å². The Labute approximate surface area is 112 Å². The Hall–Kier alpha value is -0.530. The van der Waals surface area contributed by atoms with Gasteiger partial charge in [0.05, 0.1) is 0 Å². The Balaban J connectivity index is 1.79. The Bertz CT molecular complexity index is 407. The van der Waals surface area contributed by atoms with Gasteiger partial charge in [0, 0.05) is 25.2 Å². The number of rotatable bonds is 3. The van der Waals surface area contributed by atoms with Crippen LogP contribution in [0, 0.1) is 5.92 Å². The average Bonchev–Trinajstić information content (AvgIpc) is 2.56. The van der Waals surface area contributed by atoms with E-state index in [4.69, 9.17) is 0 Å². The lowest BCUT2D eigenvalue weighted by Crippen LogP contribution is -1.97. The maximum absolute atomic E-state index is 4.44. The molecule has 2 rings (SSSR count). The van der Waals surface area contributed by atoms with Gasteiger partial charge in [-0.25, -0.2) is 15.0 Å². The first-order valence-electron chi connectivity index (χ1n) is 5.20. The highest BCUT2D eigenvalue weighted by Gasteiger charge is 2.07. The van der Waals surface area contributed by atoms with Crippen molar-refractivity contribution in [3.05, 3.63) is 18.5 Å². The van der Waals surface area contributed by atoms with Crippen LogP contribution in [-0.2, 0) is 0 Å². The molecule has 0 saturated heterocycles. The molecule has 90 valence electrons. The molecule has 17 heavy (non-hydrogen) atoms. The van der Waals surface area contributed by atoms with E-state index in [0.717, 1.165) is 23.3 Å². The molecule has 1 aliphatic heterocycles. The van der Waals surface area contributed by atoms with Crippen LogP contribution in [0.2, 0.25) is 0 Å². The Morgan fingerprint density at radius 2 is 2.06 bits per heavy atom. The second-order valence-electron chi connectivity index (χ2n) is 3.54. The zero-order chi connectivity index (χ0) is 11.9. The van der Waals surface area contributed by atoms with Crippen molar-refractivity contribution >= 4 is 42.8 Å². The van der Waals surface area contributed by atoms with Gasteiger partial charge >= 0.3 is 0 Å². The highest BCUT2D eigenvalue weighted by atomic mass is 33.5. The molecule has 0 bridgehead atoms. The summed E-state index contributed by atoms with van der Waals surface area (Å²) in [4.78, 5) is 17.0. The summed E-state index contributed by atoms with van der Waals surface area (Å²) >= 11 is 0. The van der Waals surface area contributed by atoms with E-state index in [-0.39, 0.29) is 0 Å². The molecule has 4 nitrogen and oxygen atoms in total. The molecular weight excluding hydrogens is 272 g/mol. The van der Waals surface area contributed by atoms with Crippen LogP contribution in [0.25, 0.3) is 0 Å². The first-order valence-corrected chi connectivity index (χ1v) is 8.68. The third-order valence-electron chi connectivity index (χ3n) is 2.01. The lowest BCUT2D eigenvalue weighted by atomic mass is 10.1. The van der Waals surface area contributed by atoms with E-state index in [2.05, 4.69) is 26.9 Å². The molecule has 0 N–H and O–H groups in total. The molecule has 1 unspecified atom stereocenters. The highest BCUT2D eigenvalue weighted by Crippen LogP contribution is 2.39. The van der Waals surface area contributed by atoms with E-state index >= 15 is 0 Å². The second-order valence-corrected chi connectivity index (χ2v) is 7.37. The van der Waals surface area contributed by atoms with E-state index in [1.807, 2.05) is 12.3 Å². The predicted molar refractivity (Wildman–Crippen MR) is 77.6 cm³/mol. The van der Waals surface area contributed by atoms with Gasteiger partial charge in [-0.3, -0.25) is 4.99 Å². The van der Waals surface area contributed by atoms with Crippen LogP contribution in [0.15, 0.2) is 33.6 Å². The molecule has 0 aliphatic carbocycles. The fourth-order valence-corrected chi connectivity index (χ4v) is 4.14. The summed E-state index contributed by atoms with van der Waals surface area (Å²) in [5.41, 5.74) is 0. The fraction of sp³-hybridized carbons (Fsp3) is 0.400. The third-order valence-corrected chi connectivity index (χ3v) is 5.41. The van der Waals surface area contributed by atoms with E-state index < -0.39 is 0 Å². The Morgan fingerprint density at radius 3 is 2.88 bits per heavy atom. The van der Waals surface area contributed by atoms with Crippen molar-refractivity contribution in [2.75, 3.05) is 6.54 Å². The number of aromatic nitrogens is 2. The molecule has 2 heterocycles. The van der Waals surface area contributed by atoms with Gasteiger partial charge in [-0.1, -0.05) is 6.92 Å².